The van der Waals surface area contributed by atoms with E-state index in [0.717, 1.165) is 24.3 Å². The summed E-state index contributed by atoms with van der Waals surface area (Å²) in [6.45, 7) is 9.20. The molecule has 2 aromatic rings. The van der Waals surface area contributed by atoms with Crippen LogP contribution >= 0.6 is 0 Å². The van der Waals surface area contributed by atoms with Gasteiger partial charge in [-0.2, -0.15) is 0 Å². The molecule has 1 heterocycles. The van der Waals surface area contributed by atoms with E-state index in [1.54, 1.807) is 24.3 Å². The molecule has 7 heteroatoms. The van der Waals surface area contributed by atoms with E-state index in [1.165, 1.54) is 0 Å². The van der Waals surface area contributed by atoms with E-state index in [4.69, 9.17) is 0 Å². The number of benzene rings is 2. The van der Waals surface area contributed by atoms with Crippen molar-refractivity contribution < 1.29 is 13.2 Å². The molecule has 2 aromatic carbocycles. The zero-order valence-electron chi connectivity index (χ0n) is 18.0. The molecule has 0 atom stereocenters. The van der Waals surface area contributed by atoms with E-state index < -0.39 is 10.0 Å². The molecular weight excluding hydrogens is 398 g/mol. The number of hydrogen-bond donors (Lipinski definition) is 1. The molecule has 1 aliphatic heterocycles. The summed E-state index contributed by atoms with van der Waals surface area (Å²) in [6, 6.07) is 16.5. The van der Waals surface area contributed by atoms with Crippen LogP contribution in [0.25, 0.3) is 0 Å². The summed E-state index contributed by atoms with van der Waals surface area (Å²) in [5, 5.41) is 0. The third-order valence-corrected chi connectivity index (χ3v) is 6.28. The highest BCUT2D eigenvalue weighted by atomic mass is 32.2. The van der Waals surface area contributed by atoms with Crippen molar-refractivity contribution in [2.75, 3.05) is 35.8 Å². The molecule has 6 nitrogen and oxygen atoms in total. The molecular formula is C23H31N3O3S. The van der Waals surface area contributed by atoms with Gasteiger partial charge in [0.15, 0.2) is 0 Å². The molecule has 0 spiro atoms. The number of carbonyl (C=O) groups excluding carboxylic acids is 1. The van der Waals surface area contributed by atoms with Gasteiger partial charge in [0.1, 0.15) is 0 Å². The van der Waals surface area contributed by atoms with Crippen molar-refractivity contribution in [1.82, 2.24) is 4.90 Å². The first-order valence-electron chi connectivity index (χ1n) is 10.3. The SMILES string of the molecule is CC(C)(C)CC(=O)N1CCN(c2ccc(NS(=O)(=O)Cc3ccccc3)cc2)CC1. The Bertz CT molecular complexity index is 943. The normalized spacial score (nSPS) is 15.2. The van der Waals surface area contributed by atoms with Crippen molar-refractivity contribution in [3.63, 3.8) is 0 Å². The van der Waals surface area contributed by atoms with Crippen LogP contribution in [0.3, 0.4) is 0 Å². The van der Waals surface area contributed by atoms with Crippen molar-refractivity contribution in [2.24, 2.45) is 5.41 Å². The fourth-order valence-corrected chi connectivity index (χ4v) is 4.73. The second-order valence-electron chi connectivity index (χ2n) is 9.00. The highest BCUT2D eigenvalue weighted by Crippen LogP contribution is 2.23. The van der Waals surface area contributed by atoms with E-state index in [1.807, 2.05) is 35.2 Å². The lowest BCUT2D eigenvalue weighted by Gasteiger charge is -2.37. The van der Waals surface area contributed by atoms with E-state index >= 15 is 0 Å². The maximum absolute atomic E-state index is 12.4. The molecule has 162 valence electrons. The van der Waals surface area contributed by atoms with Crippen LogP contribution in [0.15, 0.2) is 54.6 Å². The third kappa shape index (κ3) is 6.49. The van der Waals surface area contributed by atoms with Crippen molar-refractivity contribution >= 4 is 27.3 Å². The Kier molecular flexibility index (Phi) is 6.71. The Balaban J connectivity index is 1.54. The number of nitrogens with zero attached hydrogens (tertiary/aromatic N) is 2. The lowest BCUT2D eigenvalue weighted by molar-refractivity contribution is -0.133. The van der Waals surface area contributed by atoms with Gasteiger partial charge in [0.05, 0.1) is 5.75 Å². The number of rotatable bonds is 6. The second-order valence-corrected chi connectivity index (χ2v) is 10.7. The molecule has 1 saturated heterocycles. The molecule has 0 radical (unpaired) electrons. The summed E-state index contributed by atoms with van der Waals surface area (Å²) in [7, 11) is -3.47. The second kappa shape index (κ2) is 9.08. The Labute approximate surface area is 179 Å². The summed E-state index contributed by atoms with van der Waals surface area (Å²) < 4.78 is 27.4. The van der Waals surface area contributed by atoms with Gasteiger partial charge in [-0.3, -0.25) is 9.52 Å². The highest BCUT2D eigenvalue weighted by Gasteiger charge is 2.25. The molecule has 0 saturated carbocycles. The molecule has 1 aliphatic rings. The van der Waals surface area contributed by atoms with Crippen LogP contribution in [0.1, 0.15) is 32.8 Å². The molecule has 0 aromatic heterocycles. The van der Waals surface area contributed by atoms with Crippen molar-refractivity contribution in [3.8, 4) is 0 Å². The lowest BCUT2D eigenvalue weighted by atomic mass is 9.91. The van der Waals surface area contributed by atoms with Gasteiger partial charge in [-0.25, -0.2) is 8.42 Å². The Morgan fingerprint density at radius 3 is 2.10 bits per heavy atom. The van der Waals surface area contributed by atoms with Crippen molar-refractivity contribution in [3.05, 3.63) is 60.2 Å². The smallest absolute Gasteiger partial charge is 0.236 e. The average Bonchev–Trinajstić information content (AvgIpc) is 2.67. The minimum atomic E-state index is -3.47. The maximum atomic E-state index is 12.4. The number of hydrogen-bond acceptors (Lipinski definition) is 4. The summed E-state index contributed by atoms with van der Waals surface area (Å²) in [4.78, 5) is 16.6. The predicted molar refractivity (Wildman–Crippen MR) is 122 cm³/mol. The Hall–Kier alpha value is -2.54. The largest absolute Gasteiger partial charge is 0.368 e. The van der Waals surface area contributed by atoms with Crippen molar-refractivity contribution in [2.45, 2.75) is 32.9 Å². The van der Waals surface area contributed by atoms with Crippen LogP contribution < -0.4 is 9.62 Å². The van der Waals surface area contributed by atoms with Gasteiger partial charge in [-0.1, -0.05) is 51.1 Å². The third-order valence-electron chi connectivity index (χ3n) is 5.02. The first kappa shape index (κ1) is 22.2. The van der Waals surface area contributed by atoms with E-state index in [2.05, 4.69) is 30.4 Å². The molecule has 0 unspecified atom stereocenters. The van der Waals surface area contributed by atoms with Gasteiger partial charge in [0.25, 0.3) is 0 Å². The van der Waals surface area contributed by atoms with Gasteiger partial charge < -0.3 is 9.80 Å². The maximum Gasteiger partial charge on any atom is 0.236 e. The standard InChI is InChI=1S/C23H31N3O3S/c1-23(2,3)17-22(27)26-15-13-25(14-16-26)21-11-9-20(10-12-21)24-30(28,29)18-19-7-5-4-6-8-19/h4-12,24H,13-18H2,1-3H3. The fourth-order valence-electron chi connectivity index (χ4n) is 3.53. The van der Waals surface area contributed by atoms with E-state index in [0.29, 0.717) is 25.2 Å². The van der Waals surface area contributed by atoms with E-state index in [9.17, 15) is 13.2 Å². The molecule has 0 bridgehead atoms. The van der Waals surface area contributed by atoms with Crippen LogP contribution in [-0.2, 0) is 20.6 Å². The van der Waals surface area contributed by atoms with Crippen LogP contribution in [0, 0.1) is 5.41 Å². The van der Waals surface area contributed by atoms with E-state index in [-0.39, 0.29) is 17.1 Å². The molecule has 0 aliphatic carbocycles. The number of carbonyl (C=O) groups is 1. The van der Waals surface area contributed by atoms with Gasteiger partial charge in [0, 0.05) is 44.0 Å². The zero-order chi connectivity index (χ0) is 21.8. The fraction of sp³-hybridized carbons (Fsp3) is 0.435. The number of sulfonamides is 1. The zero-order valence-corrected chi connectivity index (χ0v) is 18.8. The first-order chi connectivity index (χ1) is 14.1. The monoisotopic (exact) mass is 429 g/mol. The number of nitrogens with one attached hydrogen (secondary N) is 1. The van der Waals surface area contributed by atoms with Gasteiger partial charge in [-0.15, -0.1) is 0 Å². The summed E-state index contributed by atoms with van der Waals surface area (Å²) in [5.41, 5.74) is 2.33. The summed E-state index contributed by atoms with van der Waals surface area (Å²) in [5.74, 6) is 0.158. The quantitative estimate of drug-likeness (QED) is 0.760. The molecule has 1 N–H and O–H groups in total. The average molecular weight is 430 g/mol. The van der Waals surface area contributed by atoms with Gasteiger partial charge in [-0.05, 0) is 35.2 Å². The number of amides is 1. The minimum absolute atomic E-state index is 0.00209. The van der Waals surface area contributed by atoms with Gasteiger partial charge in [0.2, 0.25) is 15.9 Å². The highest BCUT2D eigenvalue weighted by molar-refractivity contribution is 7.91. The number of anilines is 2. The number of piperazine rings is 1. The Morgan fingerprint density at radius 1 is 0.933 bits per heavy atom. The van der Waals surface area contributed by atoms with Crippen LogP contribution in [0.5, 0.6) is 0 Å². The lowest BCUT2D eigenvalue weighted by Crippen LogP contribution is -2.49. The Morgan fingerprint density at radius 2 is 1.53 bits per heavy atom. The predicted octanol–water partition coefficient (Wildman–Crippen LogP) is 3.71. The first-order valence-corrected chi connectivity index (χ1v) is 11.9. The molecule has 1 amide bonds. The van der Waals surface area contributed by atoms with Crippen LogP contribution in [-0.4, -0.2) is 45.4 Å². The van der Waals surface area contributed by atoms with Gasteiger partial charge >= 0.3 is 0 Å². The molecule has 30 heavy (non-hydrogen) atoms. The summed E-state index contributed by atoms with van der Waals surface area (Å²) in [6.07, 6.45) is 0.560. The minimum Gasteiger partial charge on any atom is -0.368 e. The molecule has 1 fully saturated rings. The van der Waals surface area contributed by atoms with Crippen LogP contribution in [0.2, 0.25) is 0 Å². The topological polar surface area (TPSA) is 69.7 Å². The molecule has 3 rings (SSSR count). The summed E-state index contributed by atoms with van der Waals surface area (Å²) >= 11 is 0. The van der Waals surface area contributed by atoms with Crippen LogP contribution in [0.4, 0.5) is 11.4 Å². The van der Waals surface area contributed by atoms with Crippen molar-refractivity contribution in [1.29, 1.82) is 0 Å².